The van der Waals surface area contributed by atoms with Crippen LogP contribution in [-0.2, 0) is 24.0 Å². The summed E-state index contributed by atoms with van der Waals surface area (Å²) in [4.78, 5) is 59.3. The molecule has 3 N–H and O–H groups in total. The highest BCUT2D eigenvalue weighted by atomic mass is 16.6. The first-order valence-corrected chi connectivity index (χ1v) is 23.8. The molecule has 16 heteroatoms. The van der Waals surface area contributed by atoms with Crippen molar-refractivity contribution in [3.8, 4) is 63.2 Å². The quantitative estimate of drug-likeness (QED) is 0.0478. The average molecular weight is 1020 g/mol. The first-order chi connectivity index (χ1) is 35.2. The predicted molar refractivity (Wildman–Crippen MR) is 275 cm³/mol. The summed E-state index contributed by atoms with van der Waals surface area (Å²) in [6, 6.07) is 38.1. The third kappa shape index (κ3) is 20.3. The number of hydrogen-bond acceptors (Lipinski definition) is 16. The van der Waals surface area contributed by atoms with E-state index in [0.29, 0.717) is 64.8 Å². The molecule has 16 nitrogen and oxygen atoms in total. The van der Waals surface area contributed by atoms with Gasteiger partial charge in [-0.3, -0.25) is 9.59 Å². The summed E-state index contributed by atoms with van der Waals surface area (Å²) in [5.41, 5.74) is 0.117. The molecule has 0 aliphatic carbocycles. The number of ether oxygens (including phenoxy) is 8. The fourth-order valence-corrected chi connectivity index (χ4v) is 5.57. The monoisotopic (exact) mass is 1020 g/mol. The van der Waals surface area contributed by atoms with Crippen molar-refractivity contribution in [2.75, 3.05) is 19.8 Å². The molecular weight excluding hydrogens is 953 g/mol. The van der Waals surface area contributed by atoms with Gasteiger partial charge in [0.2, 0.25) is 0 Å². The number of esters is 5. The number of benzene rings is 6. The van der Waals surface area contributed by atoms with Gasteiger partial charge in [-0.15, -0.1) is 0 Å². The highest BCUT2D eigenvalue weighted by molar-refractivity contribution is 5.79. The average Bonchev–Trinajstić information content (AvgIpc) is 3.39. The number of aromatic hydroxyl groups is 3. The summed E-state index contributed by atoms with van der Waals surface area (Å²) >= 11 is 0. The lowest BCUT2D eigenvalue weighted by atomic mass is 9.91. The Balaban J connectivity index is 0.000000241. The van der Waals surface area contributed by atoms with Crippen molar-refractivity contribution in [1.29, 1.82) is 0 Å². The molecule has 0 spiro atoms. The van der Waals surface area contributed by atoms with Crippen molar-refractivity contribution in [1.82, 2.24) is 0 Å². The van der Waals surface area contributed by atoms with Crippen LogP contribution in [0.4, 0.5) is 0 Å². The van der Waals surface area contributed by atoms with Crippen LogP contribution in [0.25, 0.3) is 0 Å². The van der Waals surface area contributed by atoms with Crippen LogP contribution < -0.4 is 37.9 Å². The first-order valence-electron chi connectivity index (χ1n) is 23.8. The van der Waals surface area contributed by atoms with Crippen LogP contribution in [0, 0.1) is 10.8 Å². The van der Waals surface area contributed by atoms with Crippen LogP contribution in [0.1, 0.15) is 86.1 Å². The lowest BCUT2D eigenvalue weighted by Crippen LogP contribution is -2.28. The van der Waals surface area contributed by atoms with E-state index in [-0.39, 0.29) is 49.0 Å². The van der Waals surface area contributed by atoms with Gasteiger partial charge in [0, 0.05) is 0 Å². The SMILES string of the molecule is CCC(C)(C)C(=O)Oc1ccc(OC(=O)COc2ccc(O)cc2)cc1.CCC(C)(C)C(=O)Oc1ccc(OCC(=O)Oc2ccc(O)cc2)cc1.CCC(C)c1ccc(OC(=O)COc2ccc(O)cc2)cc1. The first kappa shape index (κ1) is 58.0. The Kier molecular flexibility index (Phi) is 22.4. The van der Waals surface area contributed by atoms with Gasteiger partial charge in [-0.2, -0.15) is 0 Å². The normalized spacial score (nSPS) is 11.1. The van der Waals surface area contributed by atoms with Crippen molar-refractivity contribution in [3.05, 3.63) is 151 Å². The molecule has 0 bridgehead atoms. The molecule has 6 rings (SSSR count). The number of hydrogen-bond donors (Lipinski definition) is 3. The molecule has 0 saturated heterocycles. The van der Waals surface area contributed by atoms with Crippen molar-refractivity contribution < 1.29 is 77.2 Å². The Hall–Kier alpha value is -8.53. The molecule has 6 aromatic rings. The van der Waals surface area contributed by atoms with Crippen LogP contribution >= 0.6 is 0 Å². The van der Waals surface area contributed by atoms with Gasteiger partial charge < -0.3 is 53.2 Å². The molecule has 0 fully saturated rings. The maximum Gasteiger partial charge on any atom is 0.349 e. The summed E-state index contributed by atoms with van der Waals surface area (Å²) in [6.07, 6.45) is 2.42. The van der Waals surface area contributed by atoms with Gasteiger partial charge in [-0.25, -0.2) is 14.4 Å². The van der Waals surface area contributed by atoms with Gasteiger partial charge in [0.1, 0.15) is 63.2 Å². The van der Waals surface area contributed by atoms with Gasteiger partial charge in [-0.05, 0) is 192 Å². The van der Waals surface area contributed by atoms with Gasteiger partial charge in [0.25, 0.3) is 0 Å². The summed E-state index contributed by atoms with van der Waals surface area (Å²) in [7, 11) is 0. The van der Waals surface area contributed by atoms with E-state index in [9.17, 15) is 34.2 Å². The summed E-state index contributed by atoms with van der Waals surface area (Å²) in [5, 5.41) is 27.5. The Bertz CT molecular complexity index is 2700. The molecule has 74 heavy (non-hydrogen) atoms. The third-order valence-corrected chi connectivity index (χ3v) is 11.3. The molecule has 0 aliphatic heterocycles. The molecule has 0 heterocycles. The van der Waals surface area contributed by atoms with Crippen molar-refractivity contribution in [2.45, 2.75) is 80.6 Å². The number of phenols is 3. The molecule has 1 atom stereocenters. The van der Waals surface area contributed by atoms with E-state index in [1.54, 1.807) is 84.9 Å². The predicted octanol–water partition coefficient (Wildman–Crippen LogP) is 11.3. The number of phenolic OH excluding ortho intramolecular Hbond substituents is 3. The largest absolute Gasteiger partial charge is 0.508 e. The van der Waals surface area contributed by atoms with Crippen LogP contribution in [0.5, 0.6) is 63.2 Å². The molecule has 1 unspecified atom stereocenters. The second kappa shape index (κ2) is 28.5. The van der Waals surface area contributed by atoms with E-state index in [0.717, 1.165) is 6.42 Å². The van der Waals surface area contributed by atoms with Crippen LogP contribution in [-0.4, -0.2) is 65.0 Å². The van der Waals surface area contributed by atoms with E-state index in [1.165, 1.54) is 54.1 Å². The zero-order chi connectivity index (χ0) is 54.3. The Labute approximate surface area is 431 Å². The van der Waals surface area contributed by atoms with Crippen molar-refractivity contribution in [2.24, 2.45) is 10.8 Å². The van der Waals surface area contributed by atoms with Crippen LogP contribution in [0.3, 0.4) is 0 Å². The molecular formula is C58H64O16. The summed E-state index contributed by atoms with van der Waals surface area (Å²) in [6.45, 7) is 14.7. The number of carbonyl (C=O) groups excluding carboxylic acids is 5. The number of rotatable bonds is 20. The van der Waals surface area contributed by atoms with Crippen LogP contribution in [0.2, 0.25) is 0 Å². The minimum absolute atomic E-state index is 0.0872. The smallest absolute Gasteiger partial charge is 0.349 e. The minimum Gasteiger partial charge on any atom is -0.508 e. The maximum atomic E-state index is 12.0. The van der Waals surface area contributed by atoms with E-state index < -0.39 is 28.7 Å². The van der Waals surface area contributed by atoms with Crippen molar-refractivity contribution >= 4 is 29.8 Å². The lowest BCUT2D eigenvalue weighted by Gasteiger charge is -2.20. The van der Waals surface area contributed by atoms with Gasteiger partial charge in [-0.1, -0.05) is 39.8 Å². The fraction of sp³-hybridized carbons (Fsp3) is 0.293. The zero-order valence-electron chi connectivity index (χ0n) is 42.8. The van der Waals surface area contributed by atoms with Gasteiger partial charge in [0.05, 0.1) is 10.8 Å². The van der Waals surface area contributed by atoms with Gasteiger partial charge in [0.15, 0.2) is 19.8 Å². The Morgan fingerprint density at radius 2 is 0.608 bits per heavy atom. The van der Waals surface area contributed by atoms with E-state index in [4.69, 9.17) is 43.0 Å². The number of carbonyl (C=O) groups is 5. The Morgan fingerprint density at radius 3 is 0.878 bits per heavy atom. The zero-order valence-corrected chi connectivity index (χ0v) is 42.8. The maximum absolute atomic E-state index is 12.0. The Morgan fingerprint density at radius 1 is 0.378 bits per heavy atom. The second-order valence-electron chi connectivity index (χ2n) is 17.8. The molecule has 0 aliphatic rings. The fourth-order valence-electron chi connectivity index (χ4n) is 5.57. The standard InChI is InChI=1S/2C20H22O6.C18H20O4/c1-4-20(2,3)19(23)26-17-11-9-15(10-12-17)24-13-18(22)25-16-7-5-14(21)6-8-16;1-4-20(2,3)19(23)26-17-11-9-16(10-12-17)25-18(22)13-24-15-7-5-14(21)6-8-15;1-3-13(2)14-4-8-17(9-5-14)22-18(20)12-21-16-10-6-15(19)7-11-16/h2*5-12,21H,4,13H2,1-3H3;4-11,13,19H,3,12H2,1-2H3. The third-order valence-electron chi connectivity index (χ3n) is 11.3. The lowest BCUT2D eigenvalue weighted by molar-refractivity contribution is -0.144. The highest BCUT2D eigenvalue weighted by Crippen LogP contribution is 2.28. The molecule has 0 amide bonds. The molecule has 0 aromatic heterocycles. The highest BCUT2D eigenvalue weighted by Gasteiger charge is 2.28. The van der Waals surface area contributed by atoms with E-state index in [1.807, 2.05) is 53.7 Å². The van der Waals surface area contributed by atoms with Gasteiger partial charge >= 0.3 is 29.8 Å². The topological polar surface area (TPSA) is 220 Å². The second-order valence-corrected chi connectivity index (χ2v) is 17.8. The summed E-state index contributed by atoms with van der Waals surface area (Å²) in [5.74, 6) is 1.94. The molecule has 0 radical (unpaired) electrons. The van der Waals surface area contributed by atoms with E-state index >= 15 is 0 Å². The van der Waals surface area contributed by atoms with Crippen molar-refractivity contribution in [3.63, 3.8) is 0 Å². The molecule has 392 valence electrons. The van der Waals surface area contributed by atoms with Crippen LogP contribution in [0.15, 0.2) is 146 Å². The minimum atomic E-state index is -0.574. The molecule has 0 saturated carbocycles. The molecule has 6 aromatic carbocycles. The summed E-state index contributed by atoms with van der Waals surface area (Å²) < 4.78 is 42.0. The van der Waals surface area contributed by atoms with E-state index in [2.05, 4.69) is 13.8 Å².